The van der Waals surface area contributed by atoms with Crippen molar-refractivity contribution in [1.82, 2.24) is 0 Å². The van der Waals surface area contributed by atoms with E-state index in [1.807, 2.05) is 0 Å². The second-order valence-corrected chi connectivity index (χ2v) is 3.38. The van der Waals surface area contributed by atoms with Crippen molar-refractivity contribution in [3.63, 3.8) is 0 Å². The number of rotatable bonds is 4. The van der Waals surface area contributed by atoms with E-state index < -0.39 is 11.8 Å². The molecule has 1 aromatic carbocycles. The molecule has 0 aromatic heterocycles. The third-order valence-corrected chi connectivity index (χ3v) is 1.83. The van der Waals surface area contributed by atoms with Crippen LogP contribution in [0.4, 0.5) is 4.39 Å². The van der Waals surface area contributed by atoms with E-state index in [2.05, 4.69) is 11.3 Å². The summed E-state index contributed by atoms with van der Waals surface area (Å²) in [6.07, 6.45) is 0. The van der Waals surface area contributed by atoms with Crippen LogP contribution in [0.5, 0.6) is 5.75 Å². The van der Waals surface area contributed by atoms with Crippen LogP contribution in [0.3, 0.4) is 0 Å². The van der Waals surface area contributed by atoms with Gasteiger partial charge in [0.15, 0.2) is 11.6 Å². The monoisotopic (exact) mass is 224 g/mol. The van der Waals surface area contributed by atoms with Crippen LogP contribution in [0.1, 0.15) is 17.3 Å². The van der Waals surface area contributed by atoms with Crippen molar-refractivity contribution >= 4 is 5.97 Å². The molecule has 3 nitrogen and oxygen atoms in total. The van der Waals surface area contributed by atoms with Gasteiger partial charge in [0.05, 0.1) is 12.7 Å². The number of carbonyl (C=O) groups excluding carboxylic acids is 1. The number of halogens is 1. The Bertz CT molecular complexity index is 413. The van der Waals surface area contributed by atoms with Gasteiger partial charge in [0.1, 0.15) is 6.61 Å². The minimum atomic E-state index is -0.528. The lowest BCUT2D eigenvalue weighted by atomic mass is 10.2. The molecule has 0 amide bonds. The van der Waals surface area contributed by atoms with Gasteiger partial charge in [-0.25, -0.2) is 9.18 Å². The molecule has 0 unspecified atom stereocenters. The molecule has 0 saturated carbocycles. The molecule has 0 fully saturated rings. The number of hydrogen-bond acceptors (Lipinski definition) is 3. The molecule has 0 aliphatic carbocycles. The summed E-state index contributed by atoms with van der Waals surface area (Å²) in [5, 5.41) is 0. The molecule has 1 rings (SSSR count). The van der Waals surface area contributed by atoms with E-state index in [0.29, 0.717) is 0 Å². The third-order valence-electron chi connectivity index (χ3n) is 1.83. The van der Waals surface area contributed by atoms with Gasteiger partial charge in [0.2, 0.25) is 0 Å². The molecule has 0 heterocycles. The van der Waals surface area contributed by atoms with Crippen molar-refractivity contribution < 1.29 is 18.7 Å². The number of hydrogen-bond donors (Lipinski definition) is 0. The summed E-state index contributed by atoms with van der Waals surface area (Å²) >= 11 is 0. The largest absolute Gasteiger partial charge is 0.486 e. The zero-order chi connectivity index (χ0) is 12.1. The second kappa shape index (κ2) is 5.30. The molecular weight excluding hydrogens is 211 g/mol. The predicted molar refractivity (Wildman–Crippen MR) is 58.0 cm³/mol. The standard InChI is InChI=1S/C12H13FO3/c1-8(2)7-16-11-6-9(12(14)15-3)4-5-10(11)13/h4-6H,1,7H2,2-3H3. The van der Waals surface area contributed by atoms with E-state index in [1.54, 1.807) is 6.92 Å². The number of ether oxygens (including phenoxy) is 2. The Balaban J connectivity index is 2.90. The van der Waals surface area contributed by atoms with Gasteiger partial charge in [-0.1, -0.05) is 6.58 Å². The number of carbonyl (C=O) groups is 1. The van der Waals surface area contributed by atoms with Gasteiger partial charge in [-0.3, -0.25) is 0 Å². The Morgan fingerprint density at radius 3 is 2.75 bits per heavy atom. The van der Waals surface area contributed by atoms with Crippen molar-refractivity contribution in [2.24, 2.45) is 0 Å². The smallest absolute Gasteiger partial charge is 0.337 e. The first-order valence-corrected chi connectivity index (χ1v) is 4.69. The fourth-order valence-corrected chi connectivity index (χ4v) is 1.06. The highest BCUT2D eigenvalue weighted by molar-refractivity contribution is 5.89. The molecule has 0 radical (unpaired) electrons. The van der Waals surface area contributed by atoms with Crippen LogP contribution in [-0.2, 0) is 4.74 Å². The first-order valence-electron chi connectivity index (χ1n) is 4.69. The van der Waals surface area contributed by atoms with Crippen LogP contribution in [0.25, 0.3) is 0 Å². The minimum Gasteiger partial charge on any atom is -0.486 e. The third kappa shape index (κ3) is 3.08. The lowest BCUT2D eigenvalue weighted by Crippen LogP contribution is -2.04. The molecule has 16 heavy (non-hydrogen) atoms. The lowest BCUT2D eigenvalue weighted by Gasteiger charge is -2.08. The van der Waals surface area contributed by atoms with E-state index >= 15 is 0 Å². The molecule has 0 N–H and O–H groups in total. The summed E-state index contributed by atoms with van der Waals surface area (Å²) in [4.78, 5) is 11.2. The Morgan fingerprint density at radius 1 is 1.50 bits per heavy atom. The average molecular weight is 224 g/mol. The summed E-state index contributed by atoms with van der Waals surface area (Å²) < 4.78 is 23.0. The Morgan fingerprint density at radius 2 is 2.19 bits per heavy atom. The zero-order valence-electron chi connectivity index (χ0n) is 9.25. The Hall–Kier alpha value is -1.84. The summed E-state index contributed by atoms with van der Waals surface area (Å²) in [6.45, 7) is 5.61. The highest BCUT2D eigenvalue weighted by atomic mass is 19.1. The van der Waals surface area contributed by atoms with E-state index in [1.165, 1.54) is 25.3 Å². The summed E-state index contributed by atoms with van der Waals surface area (Å²) in [7, 11) is 1.26. The average Bonchev–Trinajstić information content (AvgIpc) is 2.26. The second-order valence-electron chi connectivity index (χ2n) is 3.38. The van der Waals surface area contributed by atoms with E-state index in [9.17, 15) is 9.18 Å². The molecule has 0 atom stereocenters. The van der Waals surface area contributed by atoms with Gasteiger partial charge in [0, 0.05) is 0 Å². The fraction of sp³-hybridized carbons (Fsp3) is 0.250. The first-order chi connectivity index (χ1) is 7.54. The van der Waals surface area contributed by atoms with Crippen molar-refractivity contribution in [1.29, 1.82) is 0 Å². The van der Waals surface area contributed by atoms with Crippen molar-refractivity contribution in [2.75, 3.05) is 13.7 Å². The molecule has 0 aliphatic heterocycles. The van der Waals surface area contributed by atoms with Crippen molar-refractivity contribution in [3.8, 4) is 5.75 Å². The Labute approximate surface area is 93.5 Å². The van der Waals surface area contributed by atoms with Crippen LogP contribution < -0.4 is 4.74 Å². The highest BCUT2D eigenvalue weighted by Crippen LogP contribution is 2.19. The van der Waals surface area contributed by atoms with Gasteiger partial charge in [0.25, 0.3) is 0 Å². The summed E-state index contributed by atoms with van der Waals surface area (Å²) in [5.74, 6) is -1.03. The van der Waals surface area contributed by atoms with Gasteiger partial charge in [-0.2, -0.15) is 0 Å². The minimum absolute atomic E-state index is 0.0194. The molecule has 0 saturated heterocycles. The molecule has 0 bridgehead atoms. The van der Waals surface area contributed by atoms with Crippen LogP contribution in [0, 0.1) is 5.82 Å². The number of benzene rings is 1. The lowest BCUT2D eigenvalue weighted by molar-refractivity contribution is 0.0600. The van der Waals surface area contributed by atoms with Gasteiger partial charge in [-0.15, -0.1) is 0 Å². The highest BCUT2D eigenvalue weighted by Gasteiger charge is 2.10. The molecule has 0 aliphatic rings. The summed E-state index contributed by atoms with van der Waals surface area (Å²) in [6, 6.07) is 3.82. The SMILES string of the molecule is C=C(C)COc1cc(C(=O)OC)ccc1F. The normalized spacial score (nSPS) is 9.69. The van der Waals surface area contributed by atoms with Crippen LogP contribution in [0.15, 0.2) is 30.4 Å². The van der Waals surface area contributed by atoms with Gasteiger partial charge in [-0.05, 0) is 30.7 Å². The fourth-order valence-electron chi connectivity index (χ4n) is 1.06. The molecule has 1 aromatic rings. The van der Waals surface area contributed by atoms with Crippen LogP contribution in [-0.4, -0.2) is 19.7 Å². The van der Waals surface area contributed by atoms with E-state index in [4.69, 9.17) is 4.74 Å². The maximum absolute atomic E-state index is 13.3. The van der Waals surface area contributed by atoms with E-state index in [0.717, 1.165) is 5.57 Å². The Kier molecular flexibility index (Phi) is 4.05. The summed E-state index contributed by atoms with van der Waals surface area (Å²) in [5.41, 5.74) is 1.02. The zero-order valence-corrected chi connectivity index (χ0v) is 9.25. The number of methoxy groups -OCH3 is 1. The van der Waals surface area contributed by atoms with Crippen LogP contribution in [0.2, 0.25) is 0 Å². The van der Waals surface area contributed by atoms with Crippen LogP contribution >= 0.6 is 0 Å². The predicted octanol–water partition coefficient (Wildman–Crippen LogP) is 2.57. The molecule has 86 valence electrons. The molecule has 0 spiro atoms. The quantitative estimate of drug-likeness (QED) is 0.582. The molecular formula is C12H13FO3. The van der Waals surface area contributed by atoms with Crippen molar-refractivity contribution in [3.05, 3.63) is 41.7 Å². The topological polar surface area (TPSA) is 35.5 Å². The van der Waals surface area contributed by atoms with Gasteiger partial charge >= 0.3 is 5.97 Å². The van der Waals surface area contributed by atoms with Crippen molar-refractivity contribution in [2.45, 2.75) is 6.92 Å². The molecule has 4 heteroatoms. The maximum Gasteiger partial charge on any atom is 0.337 e. The van der Waals surface area contributed by atoms with Gasteiger partial charge < -0.3 is 9.47 Å². The maximum atomic E-state index is 13.3. The first kappa shape index (κ1) is 12.2. The number of esters is 1. The van der Waals surface area contributed by atoms with E-state index in [-0.39, 0.29) is 17.9 Å².